The molecule has 1 unspecified atom stereocenters. The molecule has 146 valence electrons. The second-order valence-electron chi connectivity index (χ2n) is 6.54. The molecule has 0 bridgehead atoms. The van der Waals surface area contributed by atoms with Crippen LogP contribution in [0.3, 0.4) is 0 Å². The SMILES string of the molecule is N#CCNC(=O)CC(NC(=O)NS(=O)(=O)c1ccccc1)C1CCCCC1. The average Bonchev–Trinajstić information content (AvgIpc) is 2.67. The zero-order valence-corrected chi connectivity index (χ0v) is 15.8. The van der Waals surface area contributed by atoms with Crippen LogP contribution in [-0.2, 0) is 14.8 Å². The normalized spacial score (nSPS) is 16.0. The summed E-state index contributed by atoms with van der Waals surface area (Å²) in [5.41, 5.74) is 0. The van der Waals surface area contributed by atoms with Crippen molar-refractivity contribution in [3.63, 3.8) is 0 Å². The molecule has 0 saturated heterocycles. The van der Waals surface area contributed by atoms with Crippen LogP contribution < -0.4 is 15.4 Å². The maximum Gasteiger partial charge on any atom is 0.328 e. The van der Waals surface area contributed by atoms with E-state index < -0.39 is 22.1 Å². The van der Waals surface area contributed by atoms with E-state index in [1.807, 2.05) is 10.8 Å². The third-order valence-corrected chi connectivity index (χ3v) is 5.93. The zero-order valence-electron chi connectivity index (χ0n) is 15.0. The second-order valence-corrected chi connectivity index (χ2v) is 8.22. The molecule has 1 aromatic rings. The molecule has 9 heteroatoms. The fraction of sp³-hybridized carbons (Fsp3) is 0.500. The summed E-state index contributed by atoms with van der Waals surface area (Å²) >= 11 is 0. The first-order valence-electron chi connectivity index (χ1n) is 8.94. The maximum atomic E-state index is 12.3. The van der Waals surface area contributed by atoms with Gasteiger partial charge in [0, 0.05) is 12.5 Å². The summed E-state index contributed by atoms with van der Waals surface area (Å²) in [5.74, 6) is -0.255. The van der Waals surface area contributed by atoms with Crippen LogP contribution in [0, 0.1) is 17.2 Å². The van der Waals surface area contributed by atoms with Crippen LogP contribution in [-0.4, -0.2) is 32.9 Å². The van der Waals surface area contributed by atoms with Gasteiger partial charge in [-0.2, -0.15) is 5.26 Å². The highest BCUT2D eigenvalue weighted by Gasteiger charge is 2.28. The van der Waals surface area contributed by atoms with Crippen molar-refractivity contribution in [3.05, 3.63) is 30.3 Å². The molecule has 3 N–H and O–H groups in total. The van der Waals surface area contributed by atoms with Crippen LogP contribution in [0.4, 0.5) is 4.79 Å². The lowest BCUT2D eigenvalue weighted by atomic mass is 9.82. The number of hydrogen-bond acceptors (Lipinski definition) is 5. The lowest BCUT2D eigenvalue weighted by molar-refractivity contribution is -0.121. The third kappa shape index (κ3) is 6.57. The van der Waals surface area contributed by atoms with Crippen molar-refractivity contribution in [1.82, 2.24) is 15.4 Å². The highest BCUT2D eigenvalue weighted by molar-refractivity contribution is 7.90. The van der Waals surface area contributed by atoms with Crippen LogP contribution in [0.5, 0.6) is 0 Å². The van der Waals surface area contributed by atoms with E-state index >= 15 is 0 Å². The van der Waals surface area contributed by atoms with Crippen molar-refractivity contribution in [3.8, 4) is 6.07 Å². The summed E-state index contributed by atoms with van der Waals surface area (Å²) in [6, 6.07) is 8.08. The molecule has 1 aliphatic rings. The van der Waals surface area contributed by atoms with Gasteiger partial charge in [-0.1, -0.05) is 37.5 Å². The van der Waals surface area contributed by atoms with Crippen LogP contribution in [0.25, 0.3) is 0 Å². The van der Waals surface area contributed by atoms with Crippen molar-refractivity contribution in [2.45, 2.75) is 49.5 Å². The first-order chi connectivity index (χ1) is 12.9. The molecule has 1 fully saturated rings. The van der Waals surface area contributed by atoms with Gasteiger partial charge in [-0.15, -0.1) is 0 Å². The predicted octanol–water partition coefficient (Wildman–Crippen LogP) is 1.65. The van der Waals surface area contributed by atoms with Gasteiger partial charge >= 0.3 is 6.03 Å². The number of nitrogens with one attached hydrogen (secondary N) is 3. The maximum absolute atomic E-state index is 12.3. The van der Waals surface area contributed by atoms with Gasteiger partial charge in [-0.05, 0) is 30.9 Å². The molecule has 1 atom stereocenters. The smallest absolute Gasteiger partial charge is 0.328 e. The third-order valence-electron chi connectivity index (χ3n) is 4.59. The Morgan fingerprint density at radius 3 is 2.44 bits per heavy atom. The molecule has 0 spiro atoms. The van der Waals surface area contributed by atoms with Crippen molar-refractivity contribution in [2.75, 3.05) is 6.54 Å². The number of nitrogens with zero attached hydrogens (tertiary/aromatic N) is 1. The average molecular weight is 392 g/mol. The van der Waals surface area contributed by atoms with Gasteiger partial charge in [0.1, 0.15) is 6.54 Å². The summed E-state index contributed by atoms with van der Waals surface area (Å²) in [6.45, 7) is -0.106. The summed E-state index contributed by atoms with van der Waals surface area (Å²) in [4.78, 5) is 24.3. The Morgan fingerprint density at radius 1 is 1.15 bits per heavy atom. The minimum absolute atomic E-state index is 0.00511. The zero-order chi connectivity index (χ0) is 19.7. The van der Waals surface area contributed by atoms with E-state index in [4.69, 9.17) is 5.26 Å². The van der Waals surface area contributed by atoms with Gasteiger partial charge in [0.25, 0.3) is 10.0 Å². The number of hydrogen-bond donors (Lipinski definition) is 3. The molecular weight excluding hydrogens is 368 g/mol. The Morgan fingerprint density at radius 2 is 1.81 bits per heavy atom. The number of sulfonamides is 1. The standard InChI is InChI=1S/C18H24N4O4S/c19-11-12-20-17(23)13-16(14-7-3-1-4-8-14)21-18(24)22-27(25,26)15-9-5-2-6-10-15/h2,5-6,9-10,14,16H,1,3-4,7-8,12-13H2,(H,20,23)(H2,21,22,24). The number of carbonyl (C=O) groups is 2. The molecule has 0 aliphatic heterocycles. The van der Waals surface area contributed by atoms with Crippen molar-refractivity contribution >= 4 is 22.0 Å². The molecule has 1 aromatic carbocycles. The van der Waals surface area contributed by atoms with E-state index in [0.29, 0.717) is 0 Å². The van der Waals surface area contributed by atoms with Crippen molar-refractivity contribution < 1.29 is 18.0 Å². The van der Waals surface area contributed by atoms with Gasteiger partial charge in [-0.25, -0.2) is 17.9 Å². The molecule has 0 radical (unpaired) electrons. The second kappa shape index (κ2) is 9.92. The highest BCUT2D eigenvalue weighted by Crippen LogP contribution is 2.27. The van der Waals surface area contributed by atoms with Crippen LogP contribution >= 0.6 is 0 Å². The molecule has 3 amide bonds. The molecule has 8 nitrogen and oxygen atoms in total. The molecule has 0 aromatic heterocycles. The number of carbonyl (C=O) groups excluding carboxylic acids is 2. The van der Waals surface area contributed by atoms with E-state index in [-0.39, 0.29) is 29.7 Å². The van der Waals surface area contributed by atoms with Gasteiger partial charge < -0.3 is 10.6 Å². The summed E-state index contributed by atoms with van der Waals surface area (Å²) in [7, 11) is -3.98. The Bertz CT molecular complexity index is 783. The number of amides is 3. The Hall–Kier alpha value is -2.60. The number of nitriles is 1. The summed E-state index contributed by atoms with van der Waals surface area (Å²) in [6.07, 6.45) is 4.85. The topological polar surface area (TPSA) is 128 Å². The Labute approximate surface area is 159 Å². The fourth-order valence-corrected chi connectivity index (χ4v) is 4.20. The van der Waals surface area contributed by atoms with Gasteiger partial charge in [0.15, 0.2) is 0 Å². The number of rotatable bonds is 7. The van der Waals surface area contributed by atoms with Crippen LogP contribution in [0.2, 0.25) is 0 Å². The summed E-state index contributed by atoms with van der Waals surface area (Å²) in [5, 5.41) is 13.7. The van der Waals surface area contributed by atoms with Crippen LogP contribution in [0.15, 0.2) is 35.2 Å². The quantitative estimate of drug-likeness (QED) is 0.608. The van der Waals surface area contributed by atoms with E-state index in [1.54, 1.807) is 18.2 Å². The predicted molar refractivity (Wildman–Crippen MR) is 98.9 cm³/mol. The monoisotopic (exact) mass is 392 g/mol. The molecule has 0 heterocycles. The lowest BCUT2D eigenvalue weighted by Gasteiger charge is -2.30. The first-order valence-corrected chi connectivity index (χ1v) is 10.4. The van der Waals surface area contributed by atoms with Crippen molar-refractivity contribution in [2.24, 2.45) is 5.92 Å². The van der Waals surface area contributed by atoms with E-state index in [0.717, 1.165) is 32.1 Å². The lowest BCUT2D eigenvalue weighted by Crippen LogP contribution is -2.49. The van der Waals surface area contributed by atoms with E-state index in [2.05, 4.69) is 10.6 Å². The Kier molecular flexibility index (Phi) is 7.61. The molecule has 2 rings (SSSR count). The number of benzene rings is 1. The van der Waals surface area contributed by atoms with E-state index in [9.17, 15) is 18.0 Å². The minimum Gasteiger partial charge on any atom is -0.343 e. The number of urea groups is 1. The van der Waals surface area contributed by atoms with Gasteiger partial charge in [0.05, 0.1) is 11.0 Å². The largest absolute Gasteiger partial charge is 0.343 e. The minimum atomic E-state index is -3.98. The highest BCUT2D eigenvalue weighted by atomic mass is 32.2. The molecule has 27 heavy (non-hydrogen) atoms. The molecule has 1 aliphatic carbocycles. The van der Waals surface area contributed by atoms with Gasteiger partial charge in [0.2, 0.25) is 5.91 Å². The summed E-state index contributed by atoms with van der Waals surface area (Å²) < 4.78 is 26.5. The van der Waals surface area contributed by atoms with Crippen molar-refractivity contribution in [1.29, 1.82) is 5.26 Å². The molecular formula is C18H24N4O4S. The van der Waals surface area contributed by atoms with Crippen LogP contribution in [0.1, 0.15) is 38.5 Å². The fourth-order valence-electron chi connectivity index (χ4n) is 3.26. The van der Waals surface area contributed by atoms with Gasteiger partial charge in [-0.3, -0.25) is 4.79 Å². The first kappa shape index (κ1) is 20.7. The Balaban J connectivity index is 2.03. The molecule has 1 saturated carbocycles. The van der Waals surface area contributed by atoms with E-state index in [1.165, 1.54) is 12.1 Å².